The number of nitrogens with zero attached hydrogens (tertiary/aromatic N) is 3. The van der Waals surface area contributed by atoms with Crippen LogP contribution in [0.15, 0.2) is 17.6 Å². The number of nitrogens with one attached hydrogen (secondary N) is 1. The van der Waals surface area contributed by atoms with Crippen molar-refractivity contribution in [2.24, 2.45) is 0 Å². The third-order valence-corrected chi connectivity index (χ3v) is 3.32. The number of aromatic nitrogens is 2. The molecular weight excluding hydrogens is 244 g/mol. The molecule has 4 nitrogen and oxygen atoms in total. The first-order valence-electron chi connectivity index (χ1n) is 6.05. The van der Waals surface area contributed by atoms with Gasteiger partial charge in [-0.25, -0.2) is 9.97 Å². The Bertz CT molecular complexity index is 410. The number of hydrogen-bond acceptors (Lipinski definition) is 5. The van der Waals surface area contributed by atoms with E-state index < -0.39 is 5.54 Å². The van der Waals surface area contributed by atoms with E-state index in [2.05, 4.69) is 21.4 Å². The molecule has 0 saturated heterocycles. The molecular formula is C13H20N4S. The molecule has 1 N–H and O–H groups in total. The minimum absolute atomic E-state index is 0.301. The van der Waals surface area contributed by atoms with Crippen LogP contribution < -0.4 is 5.32 Å². The summed E-state index contributed by atoms with van der Waals surface area (Å²) < 4.78 is 0. The highest BCUT2D eigenvalue weighted by Gasteiger charge is 2.23. The van der Waals surface area contributed by atoms with Crippen LogP contribution in [0.4, 0.5) is 0 Å². The van der Waals surface area contributed by atoms with Crippen LogP contribution in [0.2, 0.25) is 0 Å². The largest absolute Gasteiger partial charge is 0.297 e. The lowest BCUT2D eigenvalue weighted by Gasteiger charge is -2.25. The van der Waals surface area contributed by atoms with Gasteiger partial charge in [-0.05, 0) is 39.7 Å². The predicted molar refractivity (Wildman–Crippen MR) is 74.4 cm³/mol. The SMILES string of the molecule is Cc1cnc(SCCC(C)(C#N)NC(C)C)nc1. The third kappa shape index (κ3) is 5.03. The van der Waals surface area contributed by atoms with Crippen LogP contribution >= 0.6 is 11.8 Å². The van der Waals surface area contributed by atoms with Crippen LogP contribution in [-0.2, 0) is 0 Å². The Kier molecular flexibility index (Phi) is 5.57. The van der Waals surface area contributed by atoms with E-state index >= 15 is 0 Å². The maximum Gasteiger partial charge on any atom is 0.187 e. The summed E-state index contributed by atoms with van der Waals surface area (Å²) in [6.45, 7) is 7.99. The van der Waals surface area contributed by atoms with Crippen molar-refractivity contribution in [3.8, 4) is 6.07 Å². The molecule has 1 heterocycles. The molecule has 0 aliphatic rings. The second kappa shape index (κ2) is 6.72. The van der Waals surface area contributed by atoms with E-state index in [0.29, 0.717) is 6.04 Å². The molecule has 5 heteroatoms. The lowest BCUT2D eigenvalue weighted by atomic mass is 10.0. The third-order valence-electron chi connectivity index (χ3n) is 2.44. The van der Waals surface area contributed by atoms with Crippen molar-refractivity contribution < 1.29 is 0 Å². The van der Waals surface area contributed by atoms with Gasteiger partial charge in [-0.1, -0.05) is 11.8 Å². The van der Waals surface area contributed by atoms with Crippen molar-refractivity contribution in [3.63, 3.8) is 0 Å². The Morgan fingerprint density at radius 3 is 2.56 bits per heavy atom. The second-order valence-corrected chi connectivity index (χ2v) is 5.95. The fourth-order valence-electron chi connectivity index (χ4n) is 1.60. The number of aryl methyl sites for hydroxylation is 1. The van der Waals surface area contributed by atoms with E-state index in [4.69, 9.17) is 0 Å². The molecule has 0 spiro atoms. The van der Waals surface area contributed by atoms with Gasteiger partial charge in [0.25, 0.3) is 0 Å². The van der Waals surface area contributed by atoms with Crippen LogP contribution in [0.3, 0.4) is 0 Å². The van der Waals surface area contributed by atoms with Crippen LogP contribution in [0.5, 0.6) is 0 Å². The zero-order chi connectivity index (χ0) is 13.6. The lowest BCUT2D eigenvalue weighted by molar-refractivity contribution is 0.397. The molecule has 18 heavy (non-hydrogen) atoms. The molecule has 1 unspecified atom stereocenters. The van der Waals surface area contributed by atoms with Gasteiger partial charge >= 0.3 is 0 Å². The zero-order valence-electron chi connectivity index (χ0n) is 11.4. The normalized spacial score (nSPS) is 14.2. The predicted octanol–water partition coefficient (Wildman–Crippen LogP) is 2.55. The molecule has 0 aliphatic heterocycles. The Morgan fingerprint density at radius 2 is 2.06 bits per heavy atom. The molecule has 0 saturated carbocycles. The quantitative estimate of drug-likeness (QED) is 0.632. The van der Waals surface area contributed by atoms with Crippen molar-refractivity contribution in [1.29, 1.82) is 5.26 Å². The highest BCUT2D eigenvalue weighted by molar-refractivity contribution is 7.99. The fraction of sp³-hybridized carbons (Fsp3) is 0.615. The summed E-state index contributed by atoms with van der Waals surface area (Å²) in [6, 6.07) is 2.64. The van der Waals surface area contributed by atoms with Gasteiger partial charge in [0, 0.05) is 24.2 Å². The number of rotatable bonds is 6. The van der Waals surface area contributed by atoms with E-state index in [9.17, 15) is 5.26 Å². The van der Waals surface area contributed by atoms with Gasteiger partial charge < -0.3 is 0 Å². The monoisotopic (exact) mass is 264 g/mol. The molecule has 1 rings (SSSR count). The minimum Gasteiger partial charge on any atom is -0.297 e. The van der Waals surface area contributed by atoms with Crippen molar-refractivity contribution in [1.82, 2.24) is 15.3 Å². The van der Waals surface area contributed by atoms with Gasteiger partial charge in [-0.15, -0.1) is 0 Å². The summed E-state index contributed by atoms with van der Waals surface area (Å²) >= 11 is 1.59. The average molecular weight is 264 g/mol. The molecule has 0 bridgehead atoms. The topological polar surface area (TPSA) is 61.6 Å². The summed E-state index contributed by atoms with van der Waals surface area (Å²) in [5.74, 6) is 0.826. The maximum atomic E-state index is 9.21. The van der Waals surface area contributed by atoms with Crippen molar-refractivity contribution in [3.05, 3.63) is 18.0 Å². The van der Waals surface area contributed by atoms with Gasteiger partial charge in [-0.2, -0.15) is 5.26 Å². The van der Waals surface area contributed by atoms with Gasteiger partial charge in [0.1, 0.15) is 5.54 Å². The molecule has 1 atom stereocenters. The van der Waals surface area contributed by atoms with E-state index in [0.717, 1.165) is 22.9 Å². The first kappa shape index (κ1) is 14.9. The fourth-order valence-corrected chi connectivity index (χ4v) is 2.55. The number of hydrogen-bond donors (Lipinski definition) is 1. The van der Waals surface area contributed by atoms with Crippen LogP contribution in [-0.4, -0.2) is 27.3 Å². The molecule has 1 aromatic rings. The Balaban J connectivity index is 2.45. The molecule has 0 amide bonds. The van der Waals surface area contributed by atoms with E-state index in [1.807, 2.05) is 40.1 Å². The highest BCUT2D eigenvalue weighted by Crippen LogP contribution is 2.18. The number of thioether (sulfide) groups is 1. The average Bonchev–Trinajstić information content (AvgIpc) is 2.31. The standard InChI is InChI=1S/C13H20N4S/c1-10(2)17-13(4,9-14)5-6-18-12-15-7-11(3)8-16-12/h7-8,10,17H,5-6H2,1-4H3. The molecule has 0 fully saturated rings. The first-order chi connectivity index (χ1) is 8.45. The summed E-state index contributed by atoms with van der Waals surface area (Å²) in [7, 11) is 0. The van der Waals surface area contributed by atoms with Crippen LogP contribution in [0, 0.1) is 18.3 Å². The highest BCUT2D eigenvalue weighted by atomic mass is 32.2. The van der Waals surface area contributed by atoms with Gasteiger partial charge in [0.15, 0.2) is 5.16 Å². The zero-order valence-corrected chi connectivity index (χ0v) is 12.2. The van der Waals surface area contributed by atoms with Crippen LogP contribution in [0.25, 0.3) is 0 Å². The summed E-state index contributed by atoms with van der Waals surface area (Å²) in [6.07, 6.45) is 4.39. The van der Waals surface area contributed by atoms with Crippen molar-refractivity contribution >= 4 is 11.8 Å². The Labute approximate surface area is 113 Å². The van der Waals surface area contributed by atoms with Gasteiger partial charge in [-0.3, -0.25) is 5.32 Å². The van der Waals surface area contributed by atoms with E-state index in [1.54, 1.807) is 11.8 Å². The summed E-state index contributed by atoms with van der Waals surface area (Å²) in [4.78, 5) is 8.47. The molecule has 0 radical (unpaired) electrons. The maximum absolute atomic E-state index is 9.21. The summed E-state index contributed by atoms with van der Waals surface area (Å²) in [5.41, 5.74) is 0.578. The van der Waals surface area contributed by atoms with Crippen molar-refractivity contribution in [2.75, 3.05) is 5.75 Å². The smallest absolute Gasteiger partial charge is 0.187 e. The second-order valence-electron chi connectivity index (χ2n) is 4.88. The minimum atomic E-state index is -0.480. The van der Waals surface area contributed by atoms with E-state index in [-0.39, 0.29) is 0 Å². The van der Waals surface area contributed by atoms with Gasteiger partial charge in [0.2, 0.25) is 0 Å². The number of nitriles is 1. The van der Waals surface area contributed by atoms with E-state index in [1.165, 1.54) is 0 Å². The van der Waals surface area contributed by atoms with Crippen molar-refractivity contribution in [2.45, 2.75) is 50.9 Å². The first-order valence-corrected chi connectivity index (χ1v) is 7.04. The Morgan fingerprint density at radius 1 is 1.44 bits per heavy atom. The molecule has 98 valence electrons. The summed E-state index contributed by atoms with van der Waals surface area (Å²) in [5, 5.41) is 13.3. The molecule has 0 aromatic carbocycles. The molecule has 1 aromatic heterocycles. The van der Waals surface area contributed by atoms with Gasteiger partial charge in [0.05, 0.1) is 6.07 Å². The lowest BCUT2D eigenvalue weighted by Crippen LogP contribution is -2.45. The van der Waals surface area contributed by atoms with Crippen LogP contribution in [0.1, 0.15) is 32.8 Å². The Hall–Kier alpha value is -1.12. The molecule has 0 aliphatic carbocycles.